The maximum absolute atomic E-state index is 14.0. The van der Waals surface area contributed by atoms with Gasteiger partial charge in [-0.25, -0.2) is 4.79 Å². The van der Waals surface area contributed by atoms with E-state index in [9.17, 15) is 29.9 Å². The molecule has 0 aliphatic carbocycles. The fourth-order valence-corrected chi connectivity index (χ4v) is 4.05. The SMILES string of the molecule is CCCC(C)NC(=O)C(c1ccc(O)cc1)N(CC#N)C(=O)C(Cc1ccc(O)cc1)NC(=O)OC(C)(C)C. The van der Waals surface area contributed by atoms with E-state index in [1.807, 2.05) is 19.9 Å². The van der Waals surface area contributed by atoms with Crippen molar-refractivity contribution >= 4 is 17.9 Å². The molecule has 2 aromatic carbocycles. The largest absolute Gasteiger partial charge is 0.508 e. The average Bonchev–Trinajstić information content (AvgIpc) is 2.84. The highest BCUT2D eigenvalue weighted by Crippen LogP contribution is 2.25. The standard InChI is InChI=1S/C29H38N4O6/c1-6-7-19(2)31-26(36)25(21-10-14-23(35)15-11-21)33(17-16-30)27(37)24(32-28(38)39-29(3,4)5)18-20-8-12-22(34)13-9-20/h8-15,19,24-25,34-35H,6-7,17-18H2,1-5H3,(H,31,36)(H,32,38). The maximum Gasteiger partial charge on any atom is 0.408 e. The third-order valence-electron chi connectivity index (χ3n) is 5.77. The lowest BCUT2D eigenvalue weighted by atomic mass is 9.99. The number of aromatic hydroxyl groups is 2. The van der Waals surface area contributed by atoms with Crippen LogP contribution in [0, 0.1) is 11.3 Å². The van der Waals surface area contributed by atoms with E-state index in [0.29, 0.717) is 17.5 Å². The molecule has 3 atom stereocenters. The molecule has 39 heavy (non-hydrogen) atoms. The quantitative estimate of drug-likeness (QED) is 0.316. The molecule has 210 valence electrons. The number of nitriles is 1. The van der Waals surface area contributed by atoms with Crippen LogP contribution in [0.15, 0.2) is 48.5 Å². The smallest absolute Gasteiger partial charge is 0.408 e. The van der Waals surface area contributed by atoms with Crippen LogP contribution in [0.1, 0.15) is 64.6 Å². The van der Waals surface area contributed by atoms with Crippen molar-refractivity contribution in [1.82, 2.24) is 15.5 Å². The molecule has 2 aromatic rings. The first-order valence-corrected chi connectivity index (χ1v) is 12.9. The lowest BCUT2D eigenvalue weighted by Crippen LogP contribution is -2.54. The highest BCUT2D eigenvalue weighted by molar-refractivity contribution is 5.92. The first-order chi connectivity index (χ1) is 18.3. The van der Waals surface area contributed by atoms with Crippen molar-refractivity contribution in [2.45, 2.75) is 77.6 Å². The number of carbonyl (C=O) groups is 3. The Hall–Kier alpha value is -4.26. The summed E-state index contributed by atoms with van der Waals surface area (Å²) in [5.41, 5.74) is 0.187. The number of hydrogen-bond acceptors (Lipinski definition) is 7. The van der Waals surface area contributed by atoms with Crippen molar-refractivity contribution in [2.75, 3.05) is 6.54 Å². The molecule has 0 spiro atoms. The number of hydrogen-bond donors (Lipinski definition) is 4. The molecule has 0 saturated carbocycles. The molecule has 10 heteroatoms. The molecule has 3 amide bonds. The normalized spacial score (nSPS) is 13.3. The Kier molecular flexibility index (Phi) is 11.2. The van der Waals surface area contributed by atoms with E-state index < -0.39 is 42.1 Å². The van der Waals surface area contributed by atoms with Crippen LogP contribution in [-0.4, -0.2) is 57.3 Å². The molecule has 0 fully saturated rings. The maximum atomic E-state index is 14.0. The monoisotopic (exact) mass is 538 g/mol. The second kappa shape index (κ2) is 14.0. The summed E-state index contributed by atoms with van der Waals surface area (Å²) in [6.45, 7) is 8.46. The van der Waals surface area contributed by atoms with Gasteiger partial charge in [0.05, 0.1) is 6.07 Å². The number of rotatable bonds is 11. The summed E-state index contributed by atoms with van der Waals surface area (Å²) in [5.74, 6) is -1.15. The van der Waals surface area contributed by atoms with E-state index >= 15 is 0 Å². The number of alkyl carbamates (subject to hydrolysis) is 1. The summed E-state index contributed by atoms with van der Waals surface area (Å²) >= 11 is 0. The number of nitrogens with one attached hydrogen (secondary N) is 2. The molecule has 0 radical (unpaired) electrons. The van der Waals surface area contributed by atoms with Gasteiger partial charge in [0.2, 0.25) is 11.8 Å². The summed E-state index contributed by atoms with van der Waals surface area (Å²) in [4.78, 5) is 41.4. The number of ether oxygens (including phenoxy) is 1. The van der Waals surface area contributed by atoms with Crippen LogP contribution < -0.4 is 10.6 Å². The van der Waals surface area contributed by atoms with Crippen molar-refractivity contribution in [1.29, 1.82) is 5.26 Å². The number of carbonyl (C=O) groups excluding carboxylic acids is 3. The number of phenolic OH excluding ortho intramolecular Hbond substituents is 2. The van der Waals surface area contributed by atoms with Gasteiger partial charge in [0, 0.05) is 12.5 Å². The van der Waals surface area contributed by atoms with Crippen LogP contribution in [0.4, 0.5) is 4.79 Å². The first-order valence-electron chi connectivity index (χ1n) is 12.9. The Balaban J connectivity index is 2.52. The van der Waals surface area contributed by atoms with E-state index in [2.05, 4.69) is 10.6 Å². The minimum atomic E-state index is -1.21. The molecule has 10 nitrogen and oxygen atoms in total. The van der Waals surface area contributed by atoms with E-state index in [4.69, 9.17) is 4.74 Å². The molecule has 0 bridgehead atoms. The number of nitrogens with zero attached hydrogens (tertiary/aromatic N) is 2. The van der Waals surface area contributed by atoms with Crippen LogP contribution in [0.25, 0.3) is 0 Å². The van der Waals surface area contributed by atoms with Gasteiger partial charge in [-0.05, 0) is 69.5 Å². The minimum Gasteiger partial charge on any atom is -0.508 e. The zero-order valence-corrected chi connectivity index (χ0v) is 23.1. The van der Waals surface area contributed by atoms with Crippen molar-refractivity contribution < 1.29 is 29.3 Å². The van der Waals surface area contributed by atoms with Gasteiger partial charge in [-0.15, -0.1) is 0 Å². The summed E-state index contributed by atoms with van der Waals surface area (Å²) in [5, 5.41) is 34.6. The Labute approximate surface area is 229 Å². The van der Waals surface area contributed by atoms with E-state index in [-0.39, 0.29) is 24.0 Å². The number of benzene rings is 2. The highest BCUT2D eigenvalue weighted by atomic mass is 16.6. The van der Waals surface area contributed by atoms with E-state index in [1.54, 1.807) is 32.9 Å². The molecule has 4 N–H and O–H groups in total. The van der Waals surface area contributed by atoms with Gasteiger partial charge in [-0.2, -0.15) is 5.26 Å². The van der Waals surface area contributed by atoms with E-state index in [0.717, 1.165) is 11.3 Å². The van der Waals surface area contributed by atoms with Gasteiger partial charge < -0.3 is 30.5 Å². The molecule has 0 aliphatic rings. The average molecular weight is 539 g/mol. The van der Waals surface area contributed by atoms with Crippen LogP contribution in [0.2, 0.25) is 0 Å². The second-order valence-electron chi connectivity index (χ2n) is 10.4. The van der Waals surface area contributed by atoms with Gasteiger partial charge in [0.15, 0.2) is 0 Å². The van der Waals surface area contributed by atoms with Crippen LogP contribution in [0.3, 0.4) is 0 Å². The fourth-order valence-electron chi connectivity index (χ4n) is 4.05. The molecule has 0 aliphatic heterocycles. The van der Waals surface area contributed by atoms with Gasteiger partial charge in [-0.3, -0.25) is 9.59 Å². The number of phenols is 2. The molecule has 2 rings (SSSR count). The molecule has 0 saturated heterocycles. The Morgan fingerprint density at radius 1 is 1.00 bits per heavy atom. The summed E-state index contributed by atoms with van der Waals surface area (Å²) in [7, 11) is 0. The highest BCUT2D eigenvalue weighted by Gasteiger charge is 2.36. The topological polar surface area (TPSA) is 152 Å². The van der Waals surface area contributed by atoms with Crippen molar-refractivity contribution in [3.63, 3.8) is 0 Å². The van der Waals surface area contributed by atoms with Crippen molar-refractivity contribution in [3.8, 4) is 17.6 Å². The van der Waals surface area contributed by atoms with Gasteiger partial charge in [0.25, 0.3) is 0 Å². The predicted octanol–water partition coefficient (Wildman–Crippen LogP) is 3.93. The molecular formula is C29H38N4O6. The number of amides is 3. The lowest BCUT2D eigenvalue weighted by Gasteiger charge is -2.33. The van der Waals surface area contributed by atoms with Crippen molar-refractivity contribution in [2.24, 2.45) is 0 Å². The third kappa shape index (κ3) is 9.85. The summed E-state index contributed by atoms with van der Waals surface area (Å²) in [6, 6.07) is 11.3. The fraction of sp³-hybridized carbons (Fsp3) is 0.448. The van der Waals surface area contributed by atoms with Gasteiger partial charge >= 0.3 is 6.09 Å². The minimum absolute atomic E-state index is 0.0104. The Morgan fingerprint density at radius 2 is 1.56 bits per heavy atom. The molecule has 3 unspecified atom stereocenters. The van der Waals surface area contributed by atoms with E-state index in [1.165, 1.54) is 36.4 Å². The predicted molar refractivity (Wildman–Crippen MR) is 146 cm³/mol. The van der Waals surface area contributed by atoms with Crippen LogP contribution in [0.5, 0.6) is 11.5 Å². The second-order valence-corrected chi connectivity index (χ2v) is 10.4. The zero-order chi connectivity index (χ0) is 29.2. The first kappa shape index (κ1) is 31.0. The zero-order valence-electron chi connectivity index (χ0n) is 23.1. The van der Waals surface area contributed by atoms with Gasteiger partial charge in [0.1, 0.15) is 35.7 Å². The third-order valence-corrected chi connectivity index (χ3v) is 5.77. The summed E-state index contributed by atoms with van der Waals surface area (Å²) in [6.07, 6.45) is 0.722. The summed E-state index contributed by atoms with van der Waals surface area (Å²) < 4.78 is 5.37. The molecule has 0 aromatic heterocycles. The van der Waals surface area contributed by atoms with Crippen LogP contribution >= 0.6 is 0 Å². The Morgan fingerprint density at radius 3 is 2.08 bits per heavy atom. The van der Waals surface area contributed by atoms with Crippen molar-refractivity contribution in [3.05, 3.63) is 59.7 Å². The van der Waals surface area contributed by atoms with Crippen LogP contribution in [-0.2, 0) is 20.7 Å². The molecular weight excluding hydrogens is 500 g/mol. The van der Waals surface area contributed by atoms with Gasteiger partial charge in [-0.1, -0.05) is 37.6 Å². The Bertz CT molecular complexity index is 1150. The lowest BCUT2D eigenvalue weighted by molar-refractivity contribution is -0.142. The molecule has 0 heterocycles.